The number of hydrogen-bond acceptors (Lipinski definition) is 2. The van der Waals surface area contributed by atoms with E-state index in [0.29, 0.717) is 0 Å². The maximum absolute atomic E-state index is 6.04. The highest BCUT2D eigenvalue weighted by atomic mass is 16.5. The predicted molar refractivity (Wildman–Crippen MR) is 71.4 cm³/mol. The number of likely N-dealkylation sites (tertiary alicyclic amines) is 1. The van der Waals surface area contributed by atoms with E-state index in [4.69, 9.17) is 4.74 Å². The molecule has 1 saturated heterocycles. The number of para-hydroxylation sites is 1. The average Bonchev–Trinajstić information content (AvgIpc) is 2.28. The molecule has 1 aliphatic heterocycles. The first-order chi connectivity index (χ1) is 8.11. The molecule has 1 fully saturated rings. The maximum atomic E-state index is 6.04. The van der Waals surface area contributed by atoms with E-state index in [1.165, 1.54) is 13.0 Å². The Bertz CT molecular complexity index is 343. The molecule has 94 valence electrons. The summed E-state index contributed by atoms with van der Waals surface area (Å²) < 4.78 is 6.04. The summed E-state index contributed by atoms with van der Waals surface area (Å²) in [6.45, 7) is 10.1. The Balaban J connectivity index is 1.81. The van der Waals surface area contributed by atoms with Gasteiger partial charge >= 0.3 is 0 Å². The van der Waals surface area contributed by atoms with Crippen molar-refractivity contribution in [2.75, 3.05) is 19.6 Å². The van der Waals surface area contributed by atoms with Crippen LogP contribution in [0.5, 0.6) is 5.75 Å². The molecule has 0 spiro atoms. The van der Waals surface area contributed by atoms with Gasteiger partial charge in [0.05, 0.1) is 0 Å². The molecule has 1 unspecified atom stereocenters. The highest BCUT2D eigenvalue weighted by Crippen LogP contribution is 2.28. The van der Waals surface area contributed by atoms with Crippen molar-refractivity contribution in [1.29, 1.82) is 0 Å². The van der Waals surface area contributed by atoms with Gasteiger partial charge < -0.3 is 4.74 Å². The zero-order chi connectivity index (χ0) is 12.3. The van der Waals surface area contributed by atoms with E-state index in [0.717, 1.165) is 24.8 Å². The molecule has 1 aromatic rings. The Morgan fingerprint density at radius 2 is 1.94 bits per heavy atom. The van der Waals surface area contributed by atoms with Gasteiger partial charge in [0, 0.05) is 19.6 Å². The van der Waals surface area contributed by atoms with Gasteiger partial charge in [-0.15, -0.1) is 0 Å². The fourth-order valence-electron chi connectivity index (χ4n) is 2.44. The van der Waals surface area contributed by atoms with Crippen LogP contribution in [0.2, 0.25) is 0 Å². The monoisotopic (exact) mass is 233 g/mol. The molecule has 0 bridgehead atoms. The van der Waals surface area contributed by atoms with Crippen molar-refractivity contribution in [2.24, 2.45) is 5.92 Å². The summed E-state index contributed by atoms with van der Waals surface area (Å²) in [5, 5.41) is 0. The Morgan fingerprint density at radius 1 is 1.29 bits per heavy atom. The summed E-state index contributed by atoms with van der Waals surface area (Å²) in [6.07, 6.45) is 1.26. The van der Waals surface area contributed by atoms with Crippen LogP contribution >= 0.6 is 0 Å². The number of nitrogens with zero attached hydrogens (tertiary/aromatic N) is 1. The third kappa shape index (κ3) is 3.22. The first-order valence-electron chi connectivity index (χ1n) is 6.58. The van der Waals surface area contributed by atoms with Crippen LogP contribution in [0.25, 0.3) is 0 Å². The first-order valence-corrected chi connectivity index (χ1v) is 6.58. The molecule has 1 aliphatic rings. The Morgan fingerprint density at radius 3 is 2.53 bits per heavy atom. The van der Waals surface area contributed by atoms with E-state index in [-0.39, 0.29) is 5.60 Å². The lowest BCUT2D eigenvalue weighted by atomic mass is 9.94. The van der Waals surface area contributed by atoms with Gasteiger partial charge in [-0.05, 0) is 25.0 Å². The molecule has 1 heterocycles. The van der Waals surface area contributed by atoms with Crippen LogP contribution in [0.1, 0.15) is 27.2 Å². The van der Waals surface area contributed by atoms with E-state index in [9.17, 15) is 0 Å². The summed E-state index contributed by atoms with van der Waals surface area (Å²) in [5.41, 5.74) is 0.00874. The molecule has 2 nitrogen and oxygen atoms in total. The second kappa shape index (κ2) is 5.09. The molecule has 2 rings (SSSR count). The van der Waals surface area contributed by atoms with Crippen LogP contribution in [0.4, 0.5) is 0 Å². The second-order valence-electron chi connectivity index (χ2n) is 5.55. The average molecular weight is 233 g/mol. The van der Waals surface area contributed by atoms with E-state index in [1.54, 1.807) is 0 Å². The summed E-state index contributed by atoms with van der Waals surface area (Å²) in [6, 6.07) is 10.1. The fourth-order valence-corrected chi connectivity index (χ4v) is 2.44. The number of ether oxygens (including phenoxy) is 1. The SMILES string of the molecule is CCC(C)CN1CC(C)(Oc2ccccc2)C1. The van der Waals surface area contributed by atoms with Crippen LogP contribution < -0.4 is 4.74 Å². The normalized spacial score (nSPS) is 20.6. The topological polar surface area (TPSA) is 12.5 Å². The van der Waals surface area contributed by atoms with Crippen molar-refractivity contribution in [3.63, 3.8) is 0 Å². The largest absolute Gasteiger partial charge is 0.485 e. The van der Waals surface area contributed by atoms with Crippen molar-refractivity contribution in [3.8, 4) is 5.75 Å². The predicted octanol–water partition coefficient (Wildman–Crippen LogP) is 3.19. The molecule has 1 aromatic carbocycles. The molecule has 0 aliphatic carbocycles. The van der Waals surface area contributed by atoms with Crippen LogP contribution in [0.3, 0.4) is 0 Å². The second-order valence-corrected chi connectivity index (χ2v) is 5.55. The lowest BCUT2D eigenvalue weighted by Gasteiger charge is -2.48. The third-order valence-corrected chi connectivity index (χ3v) is 3.49. The van der Waals surface area contributed by atoms with Gasteiger partial charge in [-0.2, -0.15) is 0 Å². The number of rotatable bonds is 5. The van der Waals surface area contributed by atoms with Gasteiger partial charge in [0.2, 0.25) is 0 Å². The molecule has 0 saturated carbocycles. The van der Waals surface area contributed by atoms with Crippen LogP contribution in [0, 0.1) is 5.92 Å². The zero-order valence-corrected chi connectivity index (χ0v) is 11.1. The van der Waals surface area contributed by atoms with Crippen molar-refractivity contribution >= 4 is 0 Å². The third-order valence-electron chi connectivity index (χ3n) is 3.49. The molecule has 0 radical (unpaired) electrons. The van der Waals surface area contributed by atoms with E-state index in [1.807, 2.05) is 30.3 Å². The van der Waals surface area contributed by atoms with Gasteiger partial charge in [-0.25, -0.2) is 0 Å². The van der Waals surface area contributed by atoms with Crippen molar-refractivity contribution < 1.29 is 4.74 Å². The Hall–Kier alpha value is -1.02. The molecule has 0 N–H and O–H groups in total. The first kappa shape index (κ1) is 12.4. The van der Waals surface area contributed by atoms with E-state index in [2.05, 4.69) is 25.7 Å². The Labute approximate surface area is 105 Å². The van der Waals surface area contributed by atoms with Gasteiger partial charge in [-0.3, -0.25) is 4.90 Å². The summed E-state index contributed by atoms with van der Waals surface area (Å²) in [5.74, 6) is 1.77. The quantitative estimate of drug-likeness (QED) is 0.774. The van der Waals surface area contributed by atoms with Crippen LogP contribution in [0.15, 0.2) is 30.3 Å². The molecule has 1 atom stereocenters. The van der Waals surface area contributed by atoms with Crippen LogP contribution in [-0.2, 0) is 0 Å². The smallest absolute Gasteiger partial charge is 0.131 e. The maximum Gasteiger partial charge on any atom is 0.131 e. The minimum atomic E-state index is 0.00874. The number of benzene rings is 1. The van der Waals surface area contributed by atoms with Crippen LogP contribution in [-0.4, -0.2) is 30.1 Å². The Kier molecular flexibility index (Phi) is 3.72. The van der Waals surface area contributed by atoms with Gasteiger partial charge in [0.1, 0.15) is 11.4 Å². The summed E-state index contributed by atoms with van der Waals surface area (Å²) in [4.78, 5) is 2.48. The summed E-state index contributed by atoms with van der Waals surface area (Å²) in [7, 11) is 0. The minimum Gasteiger partial charge on any atom is -0.485 e. The van der Waals surface area contributed by atoms with Gasteiger partial charge in [0.25, 0.3) is 0 Å². The fraction of sp³-hybridized carbons (Fsp3) is 0.600. The molecular weight excluding hydrogens is 210 g/mol. The van der Waals surface area contributed by atoms with Crippen molar-refractivity contribution in [2.45, 2.75) is 32.8 Å². The molecular formula is C15H23NO. The highest BCUT2D eigenvalue weighted by Gasteiger charge is 2.40. The molecule has 0 amide bonds. The lowest BCUT2D eigenvalue weighted by molar-refractivity contribution is -0.0684. The standard InChI is InChI=1S/C15H23NO/c1-4-13(2)10-16-11-15(3,12-16)17-14-8-6-5-7-9-14/h5-9,13H,4,10-12H2,1-3H3. The lowest BCUT2D eigenvalue weighted by Crippen LogP contribution is -2.63. The highest BCUT2D eigenvalue weighted by molar-refractivity contribution is 5.22. The molecule has 2 heteroatoms. The van der Waals surface area contributed by atoms with Crippen molar-refractivity contribution in [1.82, 2.24) is 4.90 Å². The number of hydrogen-bond donors (Lipinski definition) is 0. The summed E-state index contributed by atoms with van der Waals surface area (Å²) >= 11 is 0. The zero-order valence-electron chi connectivity index (χ0n) is 11.1. The molecule has 0 aromatic heterocycles. The van der Waals surface area contributed by atoms with E-state index < -0.39 is 0 Å². The minimum absolute atomic E-state index is 0.00874. The van der Waals surface area contributed by atoms with E-state index >= 15 is 0 Å². The van der Waals surface area contributed by atoms with Gasteiger partial charge in [0.15, 0.2) is 0 Å². The molecule has 17 heavy (non-hydrogen) atoms. The van der Waals surface area contributed by atoms with Gasteiger partial charge in [-0.1, -0.05) is 38.5 Å². The van der Waals surface area contributed by atoms with Crippen molar-refractivity contribution in [3.05, 3.63) is 30.3 Å².